The Morgan fingerprint density at radius 1 is 1.11 bits per heavy atom. The molecule has 4 heteroatoms. The molecule has 0 amide bonds. The molecule has 0 bridgehead atoms. The first kappa shape index (κ1) is 14.6. The number of nitrogens with zero attached hydrogens (tertiary/aromatic N) is 2. The van der Waals surface area contributed by atoms with Gasteiger partial charge < -0.3 is 4.74 Å². The van der Waals surface area contributed by atoms with E-state index in [2.05, 4.69) is 16.9 Å². The van der Waals surface area contributed by atoms with Gasteiger partial charge in [-0.15, -0.1) is 0 Å². The average Bonchev–Trinajstić information content (AvgIpc) is 2.42. The second-order valence-electron chi connectivity index (χ2n) is 4.36. The highest BCUT2D eigenvalue weighted by molar-refractivity contribution is 5.96. The number of ketones is 1. The maximum Gasteiger partial charge on any atom is 0.243 e. The van der Waals surface area contributed by atoms with Crippen LogP contribution in [0.5, 0.6) is 5.88 Å². The van der Waals surface area contributed by atoms with Crippen LogP contribution in [0, 0.1) is 0 Å². The number of methoxy groups -OCH3 is 1. The van der Waals surface area contributed by atoms with Crippen LogP contribution in [0.25, 0.3) is 0 Å². The smallest absolute Gasteiger partial charge is 0.243 e. The third-order valence-corrected chi connectivity index (χ3v) is 2.88. The summed E-state index contributed by atoms with van der Waals surface area (Å²) in [7, 11) is 1.51. The molecule has 0 aliphatic carbocycles. The maximum atomic E-state index is 11.9. The van der Waals surface area contributed by atoms with Gasteiger partial charge >= 0.3 is 0 Å². The zero-order valence-corrected chi connectivity index (χ0v) is 11.3. The Balaban J connectivity index is 2.32. The normalized spacial score (nSPS) is 10.3. The molecular formula is C14H22N2O2. The predicted molar refractivity (Wildman–Crippen MR) is 70.9 cm³/mol. The summed E-state index contributed by atoms with van der Waals surface area (Å²) in [5.41, 5.74) is 0.355. The van der Waals surface area contributed by atoms with Crippen LogP contribution in [0.2, 0.25) is 0 Å². The number of unbranched alkanes of at least 4 members (excludes halogenated alkanes) is 5. The topological polar surface area (TPSA) is 52.1 Å². The molecule has 0 N–H and O–H groups in total. The predicted octanol–water partition coefficient (Wildman–Crippen LogP) is 3.42. The second-order valence-corrected chi connectivity index (χ2v) is 4.36. The van der Waals surface area contributed by atoms with Gasteiger partial charge in [0.05, 0.1) is 7.11 Å². The largest absolute Gasteiger partial charge is 0.479 e. The molecule has 0 saturated carbocycles. The zero-order chi connectivity index (χ0) is 13.2. The fourth-order valence-corrected chi connectivity index (χ4v) is 1.85. The van der Waals surface area contributed by atoms with E-state index < -0.39 is 0 Å². The van der Waals surface area contributed by atoms with E-state index in [9.17, 15) is 4.79 Å². The van der Waals surface area contributed by atoms with Gasteiger partial charge in [-0.3, -0.25) is 4.79 Å². The number of hydrogen-bond acceptors (Lipinski definition) is 4. The van der Waals surface area contributed by atoms with E-state index in [1.807, 2.05) is 0 Å². The van der Waals surface area contributed by atoms with Crippen LogP contribution in [0.3, 0.4) is 0 Å². The molecule has 0 atom stereocenters. The summed E-state index contributed by atoms with van der Waals surface area (Å²) in [6.07, 6.45) is 10.6. The van der Waals surface area contributed by atoms with E-state index in [1.54, 1.807) is 0 Å². The van der Waals surface area contributed by atoms with Crippen molar-refractivity contribution in [1.29, 1.82) is 0 Å². The summed E-state index contributed by atoms with van der Waals surface area (Å²) in [6.45, 7) is 2.20. The molecular weight excluding hydrogens is 228 g/mol. The molecule has 0 aliphatic heterocycles. The molecule has 0 unspecified atom stereocenters. The first-order chi connectivity index (χ1) is 8.79. The number of Topliss-reactive ketones (excluding diaryl/α,β-unsaturated/α-hetero) is 1. The molecule has 18 heavy (non-hydrogen) atoms. The van der Waals surface area contributed by atoms with Gasteiger partial charge in [0.25, 0.3) is 0 Å². The lowest BCUT2D eigenvalue weighted by molar-refractivity contribution is 0.0970. The van der Waals surface area contributed by atoms with Gasteiger partial charge in [-0.05, 0) is 6.42 Å². The van der Waals surface area contributed by atoms with Crippen LogP contribution in [0.4, 0.5) is 0 Å². The van der Waals surface area contributed by atoms with Crippen molar-refractivity contribution in [3.05, 3.63) is 18.1 Å². The lowest BCUT2D eigenvalue weighted by Crippen LogP contribution is -2.06. The Labute approximate surface area is 109 Å². The van der Waals surface area contributed by atoms with Gasteiger partial charge in [-0.1, -0.05) is 39.0 Å². The van der Waals surface area contributed by atoms with E-state index in [0.717, 1.165) is 12.8 Å². The SMILES string of the molecule is CCCCCCCCC(=O)c1nccnc1OC. The van der Waals surface area contributed by atoms with Gasteiger partial charge in [0.2, 0.25) is 5.88 Å². The molecule has 0 spiro atoms. The standard InChI is InChI=1S/C14H22N2O2/c1-3-4-5-6-7-8-9-12(17)13-14(18-2)16-11-10-15-13/h10-11H,3-9H2,1-2H3. The highest BCUT2D eigenvalue weighted by Crippen LogP contribution is 2.15. The Hall–Kier alpha value is -1.45. The first-order valence-electron chi connectivity index (χ1n) is 6.67. The van der Waals surface area contributed by atoms with Gasteiger partial charge in [0.15, 0.2) is 11.5 Å². The van der Waals surface area contributed by atoms with Crippen LogP contribution in [-0.2, 0) is 0 Å². The minimum Gasteiger partial charge on any atom is -0.479 e. The molecule has 4 nitrogen and oxygen atoms in total. The molecule has 0 radical (unpaired) electrons. The van der Waals surface area contributed by atoms with Crippen molar-refractivity contribution in [3.63, 3.8) is 0 Å². The molecule has 0 fully saturated rings. The van der Waals surface area contributed by atoms with E-state index in [1.165, 1.54) is 45.2 Å². The van der Waals surface area contributed by atoms with Gasteiger partial charge in [-0.2, -0.15) is 0 Å². The molecule has 0 saturated heterocycles. The number of carbonyl (C=O) groups excluding carboxylic acids is 1. The Morgan fingerprint density at radius 3 is 2.50 bits per heavy atom. The zero-order valence-electron chi connectivity index (χ0n) is 11.3. The molecule has 1 aromatic rings. The third kappa shape index (κ3) is 4.82. The minimum absolute atomic E-state index is 0.0236. The number of hydrogen-bond donors (Lipinski definition) is 0. The van der Waals surface area contributed by atoms with Crippen molar-refractivity contribution in [3.8, 4) is 5.88 Å². The van der Waals surface area contributed by atoms with Crippen molar-refractivity contribution in [2.75, 3.05) is 7.11 Å². The summed E-state index contributed by atoms with van der Waals surface area (Å²) >= 11 is 0. The fourth-order valence-electron chi connectivity index (χ4n) is 1.85. The molecule has 1 heterocycles. The first-order valence-corrected chi connectivity index (χ1v) is 6.67. The third-order valence-electron chi connectivity index (χ3n) is 2.88. The van der Waals surface area contributed by atoms with E-state index in [-0.39, 0.29) is 5.78 Å². The van der Waals surface area contributed by atoms with Crippen LogP contribution in [-0.4, -0.2) is 22.9 Å². The highest BCUT2D eigenvalue weighted by atomic mass is 16.5. The second kappa shape index (κ2) is 8.61. The lowest BCUT2D eigenvalue weighted by Gasteiger charge is -2.04. The van der Waals surface area contributed by atoms with Gasteiger partial charge in [-0.25, -0.2) is 9.97 Å². The summed E-state index contributed by atoms with van der Waals surface area (Å²) in [6, 6.07) is 0. The monoisotopic (exact) mass is 250 g/mol. The number of carbonyl (C=O) groups is 1. The molecule has 100 valence electrons. The summed E-state index contributed by atoms with van der Waals surface area (Å²) in [5.74, 6) is 0.351. The fraction of sp³-hybridized carbons (Fsp3) is 0.643. The van der Waals surface area contributed by atoms with Crippen LogP contribution >= 0.6 is 0 Å². The quantitative estimate of drug-likeness (QED) is 0.498. The van der Waals surface area contributed by atoms with E-state index >= 15 is 0 Å². The van der Waals surface area contributed by atoms with Crippen LogP contribution in [0.15, 0.2) is 12.4 Å². The number of ether oxygens (including phenoxy) is 1. The molecule has 0 aliphatic rings. The Kier molecular flexibility index (Phi) is 6.99. The lowest BCUT2D eigenvalue weighted by atomic mass is 10.1. The van der Waals surface area contributed by atoms with Crippen molar-refractivity contribution < 1.29 is 9.53 Å². The van der Waals surface area contributed by atoms with Crippen LogP contribution < -0.4 is 4.74 Å². The minimum atomic E-state index is 0.0236. The van der Waals surface area contributed by atoms with Gasteiger partial charge in [0, 0.05) is 18.8 Å². The Bertz CT molecular complexity index is 367. The highest BCUT2D eigenvalue weighted by Gasteiger charge is 2.13. The molecule has 0 aromatic carbocycles. The molecule has 1 rings (SSSR count). The van der Waals surface area contributed by atoms with Crippen molar-refractivity contribution in [2.24, 2.45) is 0 Å². The van der Waals surface area contributed by atoms with Crippen molar-refractivity contribution in [2.45, 2.75) is 51.9 Å². The summed E-state index contributed by atoms with van der Waals surface area (Å²) in [4.78, 5) is 20.0. The number of rotatable bonds is 9. The van der Waals surface area contributed by atoms with Crippen LogP contribution in [0.1, 0.15) is 62.4 Å². The Morgan fingerprint density at radius 2 is 1.78 bits per heavy atom. The summed E-state index contributed by atoms with van der Waals surface area (Å²) in [5, 5.41) is 0. The number of aromatic nitrogens is 2. The van der Waals surface area contributed by atoms with Crippen molar-refractivity contribution in [1.82, 2.24) is 9.97 Å². The van der Waals surface area contributed by atoms with E-state index in [4.69, 9.17) is 4.74 Å². The summed E-state index contributed by atoms with van der Waals surface area (Å²) < 4.78 is 5.03. The maximum absolute atomic E-state index is 11.9. The van der Waals surface area contributed by atoms with Gasteiger partial charge in [0.1, 0.15) is 0 Å². The average molecular weight is 250 g/mol. The van der Waals surface area contributed by atoms with Crippen molar-refractivity contribution >= 4 is 5.78 Å². The van der Waals surface area contributed by atoms with E-state index in [0.29, 0.717) is 18.0 Å². The molecule has 1 aromatic heterocycles.